The first-order valence-electron chi connectivity index (χ1n) is 2.22. The standard InChI is InChI=1S/C3H10O3SSi.H3N/c1-8(2,3)6-7(4)5;/h1-3H3,(H,4,5);1H3. The molecule has 0 saturated carbocycles. The van der Waals surface area contributed by atoms with E-state index in [9.17, 15) is 4.21 Å². The van der Waals surface area contributed by atoms with Crippen LogP contribution in [0.3, 0.4) is 0 Å². The van der Waals surface area contributed by atoms with Gasteiger partial charge in [-0.2, -0.15) is 4.21 Å². The quantitative estimate of drug-likeness (QED) is 0.482. The summed E-state index contributed by atoms with van der Waals surface area (Å²) in [7, 11) is -1.77. The highest BCUT2D eigenvalue weighted by molar-refractivity contribution is 7.75. The van der Waals surface area contributed by atoms with E-state index in [1.807, 2.05) is 19.6 Å². The van der Waals surface area contributed by atoms with Crippen molar-refractivity contribution >= 4 is 19.7 Å². The second-order valence-corrected chi connectivity index (χ2v) is 7.74. The van der Waals surface area contributed by atoms with Gasteiger partial charge in [0.25, 0.3) is 11.4 Å². The van der Waals surface area contributed by atoms with Crippen molar-refractivity contribution in [1.29, 1.82) is 0 Å². The minimum atomic E-state index is -2.07. The predicted molar refractivity (Wildman–Crippen MR) is 40.2 cm³/mol. The predicted octanol–water partition coefficient (Wildman–Crippen LogP) is 1.14. The van der Waals surface area contributed by atoms with Crippen molar-refractivity contribution in [3.05, 3.63) is 0 Å². The van der Waals surface area contributed by atoms with Crippen LogP contribution >= 0.6 is 0 Å². The monoisotopic (exact) mass is 171 g/mol. The molecule has 4 nitrogen and oxygen atoms in total. The average molecular weight is 171 g/mol. The van der Waals surface area contributed by atoms with Gasteiger partial charge in [-0.25, -0.2) is 0 Å². The second kappa shape index (κ2) is 4.12. The molecule has 0 spiro atoms. The molecule has 0 heterocycles. The minimum absolute atomic E-state index is 0. The van der Waals surface area contributed by atoms with E-state index < -0.39 is 19.7 Å². The van der Waals surface area contributed by atoms with Crippen LogP contribution in [0.2, 0.25) is 19.6 Å². The zero-order valence-electron chi connectivity index (χ0n) is 5.88. The largest absolute Gasteiger partial charge is 0.344 e. The van der Waals surface area contributed by atoms with Crippen molar-refractivity contribution < 1.29 is 12.6 Å². The summed E-state index contributed by atoms with van der Waals surface area (Å²) in [5, 5.41) is 0. The summed E-state index contributed by atoms with van der Waals surface area (Å²) in [5.74, 6) is 0. The Hall–Kier alpha value is 0.247. The highest BCUT2D eigenvalue weighted by Crippen LogP contribution is 2.02. The Labute approximate surface area is 58.8 Å². The van der Waals surface area contributed by atoms with Gasteiger partial charge in [-0.05, 0) is 19.6 Å². The lowest BCUT2D eigenvalue weighted by Crippen LogP contribution is -2.25. The van der Waals surface area contributed by atoms with Gasteiger partial charge in [-0.3, -0.25) is 4.55 Å². The number of hydrogen-bond acceptors (Lipinski definition) is 3. The van der Waals surface area contributed by atoms with E-state index >= 15 is 0 Å². The molecule has 0 saturated heterocycles. The van der Waals surface area contributed by atoms with Gasteiger partial charge in [0.1, 0.15) is 0 Å². The van der Waals surface area contributed by atoms with Gasteiger partial charge in [0, 0.05) is 0 Å². The van der Waals surface area contributed by atoms with Crippen LogP contribution < -0.4 is 6.15 Å². The van der Waals surface area contributed by atoms with E-state index in [1.165, 1.54) is 0 Å². The summed E-state index contributed by atoms with van der Waals surface area (Å²) >= 11 is -2.07. The lowest BCUT2D eigenvalue weighted by molar-refractivity contribution is 0.457. The van der Waals surface area contributed by atoms with Crippen LogP contribution in [-0.2, 0) is 15.2 Å². The maximum absolute atomic E-state index is 9.94. The molecule has 1 atom stereocenters. The van der Waals surface area contributed by atoms with Gasteiger partial charge in [0.2, 0.25) is 8.32 Å². The Morgan fingerprint density at radius 1 is 1.44 bits per heavy atom. The molecular weight excluding hydrogens is 158 g/mol. The molecule has 0 aliphatic heterocycles. The SMILES string of the molecule is C[Si](C)(C)OS(=O)O.N. The molecule has 0 aromatic rings. The molecule has 0 rings (SSSR count). The van der Waals surface area contributed by atoms with Gasteiger partial charge in [-0.15, -0.1) is 0 Å². The van der Waals surface area contributed by atoms with Crippen molar-refractivity contribution in [2.24, 2.45) is 0 Å². The number of rotatable bonds is 2. The first kappa shape index (κ1) is 12.0. The van der Waals surface area contributed by atoms with Crippen LogP contribution in [0.15, 0.2) is 0 Å². The highest BCUT2D eigenvalue weighted by Gasteiger charge is 2.17. The smallest absolute Gasteiger partial charge is 0.291 e. The molecule has 4 N–H and O–H groups in total. The van der Waals surface area contributed by atoms with E-state index in [2.05, 4.69) is 3.87 Å². The van der Waals surface area contributed by atoms with E-state index in [0.29, 0.717) is 0 Å². The molecular formula is C3H13NO3SSi. The number of hydrogen-bond donors (Lipinski definition) is 2. The van der Waals surface area contributed by atoms with Gasteiger partial charge in [0.15, 0.2) is 0 Å². The lowest BCUT2D eigenvalue weighted by atomic mass is 11.8. The molecule has 0 radical (unpaired) electrons. The molecule has 0 aliphatic rings. The zero-order valence-corrected chi connectivity index (χ0v) is 7.70. The van der Waals surface area contributed by atoms with E-state index in [0.717, 1.165) is 0 Å². The van der Waals surface area contributed by atoms with Crippen LogP contribution in [-0.4, -0.2) is 17.1 Å². The van der Waals surface area contributed by atoms with Gasteiger partial charge in [-0.1, -0.05) is 0 Å². The minimum Gasteiger partial charge on any atom is -0.344 e. The van der Waals surface area contributed by atoms with Gasteiger partial charge >= 0.3 is 0 Å². The van der Waals surface area contributed by atoms with E-state index in [-0.39, 0.29) is 6.15 Å². The Morgan fingerprint density at radius 3 is 1.78 bits per heavy atom. The van der Waals surface area contributed by atoms with Gasteiger partial charge in [0.05, 0.1) is 0 Å². The summed E-state index contributed by atoms with van der Waals surface area (Å²) in [4.78, 5) is 0. The van der Waals surface area contributed by atoms with Crippen LogP contribution in [0.25, 0.3) is 0 Å². The summed E-state index contributed by atoms with van der Waals surface area (Å²) < 4.78 is 22.7. The molecule has 0 bridgehead atoms. The van der Waals surface area contributed by atoms with E-state index in [1.54, 1.807) is 0 Å². The molecule has 0 amide bonds. The van der Waals surface area contributed by atoms with Gasteiger partial charge < -0.3 is 10.0 Å². The Kier molecular flexibility index (Phi) is 5.49. The average Bonchev–Trinajstić information content (AvgIpc) is 1.21. The summed E-state index contributed by atoms with van der Waals surface area (Å²) in [6.07, 6.45) is 0. The van der Waals surface area contributed by atoms with Crippen molar-refractivity contribution in [3.8, 4) is 0 Å². The lowest BCUT2D eigenvalue weighted by Gasteiger charge is -2.11. The third kappa shape index (κ3) is 11.7. The third-order valence-electron chi connectivity index (χ3n) is 0.321. The highest BCUT2D eigenvalue weighted by atomic mass is 32.2. The first-order valence-corrected chi connectivity index (χ1v) is 6.66. The molecule has 0 aromatic heterocycles. The Bertz CT molecular complexity index is 102. The van der Waals surface area contributed by atoms with Crippen molar-refractivity contribution in [3.63, 3.8) is 0 Å². The Balaban J connectivity index is 0. The second-order valence-electron chi connectivity index (χ2n) is 2.41. The summed E-state index contributed by atoms with van der Waals surface area (Å²) in [6, 6.07) is 0. The van der Waals surface area contributed by atoms with E-state index in [4.69, 9.17) is 4.55 Å². The van der Waals surface area contributed by atoms with Crippen LogP contribution in [0.4, 0.5) is 0 Å². The Morgan fingerprint density at radius 2 is 1.78 bits per heavy atom. The molecule has 0 aromatic carbocycles. The topological polar surface area (TPSA) is 81.5 Å². The zero-order chi connectivity index (χ0) is 6.78. The fourth-order valence-corrected chi connectivity index (χ4v) is 1.92. The van der Waals surface area contributed by atoms with Crippen LogP contribution in [0.1, 0.15) is 0 Å². The summed E-state index contributed by atoms with van der Waals surface area (Å²) in [5.41, 5.74) is 0. The van der Waals surface area contributed by atoms with Crippen LogP contribution in [0.5, 0.6) is 0 Å². The molecule has 6 heteroatoms. The molecule has 0 fully saturated rings. The fourth-order valence-electron chi connectivity index (χ4n) is 0.214. The van der Waals surface area contributed by atoms with Crippen molar-refractivity contribution in [1.82, 2.24) is 6.15 Å². The summed E-state index contributed by atoms with van der Waals surface area (Å²) in [6.45, 7) is 5.54. The van der Waals surface area contributed by atoms with Crippen LogP contribution in [0, 0.1) is 0 Å². The molecule has 0 aliphatic carbocycles. The molecule has 58 valence electrons. The normalized spacial score (nSPS) is 14.2. The van der Waals surface area contributed by atoms with Crippen molar-refractivity contribution in [2.75, 3.05) is 0 Å². The first-order chi connectivity index (χ1) is 3.42. The maximum Gasteiger partial charge on any atom is 0.291 e. The molecule has 9 heavy (non-hydrogen) atoms. The molecule has 1 unspecified atom stereocenters. The third-order valence-corrected chi connectivity index (χ3v) is 2.89. The van der Waals surface area contributed by atoms with Crippen molar-refractivity contribution in [2.45, 2.75) is 19.6 Å². The fraction of sp³-hybridized carbons (Fsp3) is 1.00. The maximum atomic E-state index is 9.94.